The number of benzene rings is 2. The van der Waals surface area contributed by atoms with Gasteiger partial charge >= 0.3 is 0 Å². The smallest absolute Gasteiger partial charge is 0.129 e. The summed E-state index contributed by atoms with van der Waals surface area (Å²) in [5.74, 6) is -1.04. The highest BCUT2D eigenvalue weighted by atomic mass is 19.1. The molecule has 0 saturated carbocycles. The minimum atomic E-state index is -0.543. The molecule has 0 saturated heterocycles. The number of hydrogen-bond acceptors (Lipinski definition) is 0. The first kappa shape index (κ1) is 12.5. The predicted octanol–water partition coefficient (Wildman–Crippen LogP) is 4.53. The molecule has 2 aromatic rings. The molecular formula is C16H14F2. The average Bonchev–Trinajstić information content (AvgIpc) is 2.34. The van der Waals surface area contributed by atoms with E-state index in [1.165, 1.54) is 17.7 Å². The van der Waals surface area contributed by atoms with Gasteiger partial charge in [-0.1, -0.05) is 48.0 Å². The molecule has 2 aromatic carbocycles. The zero-order valence-corrected chi connectivity index (χ0v) is 10.2. The zero-order valence-electron chi connectivity index (χ0n) is 10.2. The Morgan fingerprint density at radius 1 is 1.00 bits per heavy atom. The Labute approximate surface area is 106 Å². The highest BCUT2D eigenvalue weighted by Gasteiger charge is 2.01. The SMILES string of the molecule is Cc1ccc(/C=C/Cc2ccc(F)cc2F)cc1. The average molecular weight is 244 g/mol. The summed E-state index contributed by atoms with van der Waals surface area (Å²) in [4.78, 5) is 0. The number of aryl methyl sites for hydroxylation is 1. The van der Waals surface area contributed by atoms with Gasteiger partial charge in [-0.3, -0.25) is 0 Å². The maximum absolute atomic E-state index is 13.4. The molecule has 0 radical (unpaired) electrons. The topological polar surface area (TPSA) is 0 Å². The van der Waals surface area contributed by atoms with Gasteiger partial charge in [-0.2, -0.15) is 0 Å². The maximum atomic E-state index is 13.4. The molecule has 0 amide bonds. The van der Waals surface area contributed by atoms with Gasteiger partial charge in [0.15, 0.2) is 0 Å². The third-order valence-electron chi connectivity index (χ3n) is 2.74. The summed E-state index contributed by atoms with van der Waals surface area (Å²) >= 11 is 0. The molecule has 2 heteroatoms. The zero-order chi connectivity index (χ0) is 13.0. The fourth-order valence-electron chi connectivity index (χ4n) is 1.69. The minimum Gasteiger partial charge on any atom is -0.207 e. The molecule has 0 heterocycles. The lowest BCUT2D eigenvalue weighted by atomic mass is 10.1. The molecular weight excluding hydrogens is 230 g/mol. The van der Waals surface area contributed by atoms with Crippen molar-refractivity contribution in [1.82, 2.24) is 0 Å². The van der Waals surface area contributed by atoms with Crippen LogP contribution in [0.5, 0.6) is 0 Å². The molecule has 0 fully saturated rings. The van der Waals surface area contributed by atoms with Crippen molar-refractivity contribution in [3.63, 3.8) is 0 Å². The Hall–Kier alpha value is -1.96. The summed E-state index contributed by atoms with van der Waals surface area (Å²) in [7, 11) is 0. The quantitative estimate of drug-likeness (QED) is 0.744. The lowest BCUT2D eigenvalue weighted by Gasteiger charge is -1.99. The molecule has 0 atom stereocenters. The van der Waals surface area contributed by atoms with Gasteiger partial charge < -0.3 is 0 Å². The van der Waals surface area contributed by atoms with E-state index in [1.807, 2.05) is 43.3 Å². The molecule has 0 aliphatic heterocycles. The van der Waals surface area contributed by atoms with Crippen molar-refractivity contribution in [3.05, 3.63) is 76.9 Å². The Kier molecular flexibility index (Phi) is 3.88. The van der Waals surface area contributed by atoms with E-state index in [1.54, 1.807) is 0 Å². The van der Waals surface area contributed by atoms with Gasteiger partial charge in [0.2, 0.25) is 0 Å². The van der Waals surface area contributed by atoms with E-state index in [-0.39, 0.29) is 0 Å². The van der Waals surface area contributed by atoms with Crippen LogP contribution in [0.25, 0.3) is 6.08 Å². The van der Waals surface area contributed by atoms with Crippen LogP contribution in [0.1, 0.15) is 16.7 Å². The highest BCUT2D eigenvalue weighted by molar-refractivity contribution is 5.50. The Morgan fingerprint density at radius 3 is 2.39 bits per heavy atom. The van der Waals surface area contributed by atoms with Gasteiger partial charge in [0.25, 0.3) is 0 Å². The summed E-state index contributed by atoms with van der Waals surface area (Å²) in [6, 6.07) is 11.7. The number of halogens is 2. The summed E-state index contributed by atoms with van der Waals surface area (Å²) in [6.07, 6.45) is 4.27. The molecule has 2 rings (SSSR count). The van der Waals surface area contributed by atoms with Gasteiger partial charge in [-0.15, -0.1) is 0 Å². The van der Waals surface area contributed by atoms with Crippen molar-refractivity contribution >= 4 is 6.08 Å². The summed E-state index contributed by atoms with van der Waals surface area (Å²) in [6.45, 7) is 2.03. The van der Waals surface area contributed by atoms with E-state index in [0.29, 0.717) is 12.0 Å². The van der Waals surface area contributed by atoms with Crippen LogP contribution in [0.2, 0.25) is 0 Å². The van der Waals surface area contributed by atoms with Gasteiger partial charge in [-0.25, -0.2) is 8.78 Å². The summed E-state index contributed by atoms with van der Waals surface area (Å²) < 4.78 is 26.1. The lowest BCUT2D eigenvalue weighted by Crippen LogP contribution is -1.89. The fourth-order valence-corrected chi connectivity index (χ4v) is 1.69. The molecule has 0 aliphatic rings. The van der Waals surface area contributed by atoms with Gasteiger partial charge in [0, 0.05) is 6.07 Å². The molecule has 0 spiro atoms. The summed E-state index contributed by atoms with van der Waals surface area (Å²) in [5.41, 5.74) is 2.78. The van der Waals surface area contributed by atoms with Crippen LogP contribution in [-0.2, 0) is 6.42 Å². The first-order chi connectivity index (χ1) is 8.65. The monoisotopic (exact) mass is 244 g/mol. The first-order valence-corrected chi connectivity index (χ1v) is 5.82. The Bertz CT molecular complexity index is 554. The maximum Gasteiger partial charge on any atom is 0.129 e. The second-order valence-electron chi connectivity index (χ2n) is 4.25. The molecule has 0 aliphatic carbocycles. The first-order valence-electron chi connectivity index (χ1n) is 5.82. The second kappa shape index (κ2) is 5.58. The van der Waals surface area contributed by atoms with E-state index < -0.39 is 11.6 Å². The number of rotatable bonds is 3. The fraction of sp³-hybridized carbons (Fsp3) is 0.125. The van der Waals surface area contributed by atoms with Crippen LogP contribution in [0, 0.1) is 18.6 Å². The van der Waals surface area contributed by atoms with Crippen molar-refractivity contribution in [2.75, 3.05) is 0 Å². The third-order valence-corrected chi connectivity index (χ3v) is 2.74. The standard InChI is InChI=1S/C16H14F2/c1-12-5-7-13(8-6-12)3-2-4-14-9-10-15(17)11-16(14)18/h2-3,5-11H,4H2,1H3/b3-2+. The van der Waals surface area contributed by atoms with E-state index in [4.69, 9.17) is 0 Å². The van der Waals surface area contributed by atoms with E-state index in [2.05, 4.69) is 0 Å². The van der Waals surface area contributed by atoms with Crippen LogP contribution in [-0.4, -0.2) is 0 Å². The van der Waals surface area contributed by atoms with Crippen molar-refractivity contribution in [3.8, 4) is 0 Å². The van der Waals surface area contributed by atoms with E-state index in [9.17, 15) is 8.78 Å². The molecule has 92 valence electrons. The molecule has 0 nitrogen and oxygen atoms in total. The minimum absolute atomic E-state index is 0.458. The van der Waals surface area contributed by atoms with Crippen LogP contribution in [0.3, 0.4) is 0 Å². The largest absolute Gasteiger partial charge is 0.207 e. The van der Waals surface area contributed by atoms with Crippen molar-refractivity contribution in [2.45, 2.75) is 13.3 Å². The van der Waals surface area contributed by atoms with Gasteiger partial charge in [-0.05, 0) is 30.5 Å². The molecule has 0 N–H and O–H groups in total. The number of hydrogen-bond donors (Lipinski definition) is 0. The van der Waals surface area contributed by atoms with Crippen molar-refractivity contribution in [1.29, 1.82) is 0 Å². The molecule has 0 aromatic heterocycles. The summed E-state index contributed by atoms with van der Waals surface area (Å²) in [5, 5.41) is 0. The Morgan fingerprint density at radius 2 is 1.72 bits per heavy atom. The second-order valence-corrected chi connectivity index (χ2v) is 4.25. The Balaban J connectivity index is 2.05. The third kappa shape index (κ3) is 3.27. The van der Waals surface area contributed by atoms with Crippen LogP contribution in [0.15, 0.2) is 48.5 Å². The normalized spacial score (nSPS) is 11.1. The van der Waals surface area contributed by atoms with E-state index in [0.717, 1.165) is 11.6 Å². The predicted molar refractivity (Wildman–Crippen MR) is 70.3 cm³/mol. The van der Waals surface area contributed by atoms with Crippen LogP contribution < -0.4 is 0 Å². The highest BCUT2D eigenvalue weighted by Crippen LogP contribution is 2.12. The van der Waals surface area contributed by atoms with Gasteiger partial charge in [0.1, 0.15) is 11.6 Å². The van der Waals surface area contributed by atoms with Gasteiger partial charge in [0.05, 0.1) is 0 Å². The molecule has 0 unspecified atom stereocenters. The van der Waals surface area contributed by atoms with Crippen molar-refractivity contribution < 1.29 is 8.78 Å². The van der Waals surface area contributed by atoms with Crippen LogP contribution in [0.4, 0.5) is 8.78 Å². The van der Waals surface area contributed by atoms with E-state index >= 15 is 0 Å². The molecule has 18 heavy (non-hydrogen) atoms. The lowest BCUT2D eigenvalue weighted by molar-refractivity contribution is 0.575. The molecule has 0 bridgehead atoms. The van der Waals surface area contributed by atoms with Crippen molar-refractivity contribution in [2.24, 2.45) is 0 Å². The number of allylic oxidation sites excluding steroid dienone is 1. The van der Waals surface area contributed by atoms with Crippen LogP contribution >= 0.6 is 0 Å².